The van der Waals surface area contributed by atoms with E-state index in [0.717, 1.165) is 12.1 Å². The molecule has 1 rings (SSSR count). The Kier molecular flexibility index (Phi) is 4.32. The fraction of sp³-hybridized carbons (Fsp3) is 0.667. The monoisotopic (exact) mass is 199 g/mol. The number of nitrogens with zero attached hydrogens (tertiary/aromatic N) is 2. The van der Waals surface area contributed by atoms with Crippen LogP contribution in [-0.4, -0.2) is 21.8 Å². The second-order valence-electron chi connectivity index (χ2n) is 3.03. The van der Waals surface area contributed by atoms with Gasteiger partial charge in [0.05, 0.1) is 6.20 Å². The van der Waals surface area contributed by atoms with E-state index in [1.807, 2.05) is 22.6 Å². The van der Waals surface area contributed by atoms with Gasteiger partial charge >= 0.3 is 0 Å². The molecule has 0 saturated carbocycles. The molecule has 3 nitrogen and oxygen atoms in total. The Hall–Kier alpha value is -0.480. The molecule has 0 atom stereocenters. The van der Waals surface area contributed by atoms with Crippen LogP contribution < -0.4 is 5.73 Å². The second-order valence-corrected chi connectivity index (χ2v) is 4.01. The molecule has 74 valence electrons. The maximum atomic E-state index is 5.56. The standard InChI is InChI=1S/C9H17N3S/c1-8-9(6-10)7-11-12(8)4-3-5-13-2/h7H,3-6,10H2,1-2H3. The van der Waals surface area contributed by atoms with Crippen LogP contribution in [0.1, 0.15) is 17.7 Å². The Labute approximate surface area is 83.7 Å². The lowest BCUT2D eigenvalue weighted by Crippen LogP contribution is -2.05. The molecule has 0 aliphatic carbocycles. The van der Waals surface area contributed by atoms with Crippen molar-refractivity contribution < 1.29 is 0 Å². The minimum absolute atomic E-state index is 0.592. The van der Waals surface area contributed by atoms with Crippen LogP contribution in [0.3, 0.4) is 0 Å². The van der Waals surface area contributed by atoms with Gasteiger partial charge in [-0.05, 0) is 25.4 Å². The number of nitrogens with two attached hydrogens (primary N) is 1. The van der Waals surface area contributed by atoms with Crippen molar-refractivity contribution in [3.05, 3.63) is 17.5 Å². The number of aryl methyl sites for hydroxylation is 1. The van der Waals surface area contributed by atoms with E-state index in [2.05, 4.69) is 18.3 Å². The summed E-state index contributed by atoms with van der Waals surface area (Å²) in [7, 11) is 0. The second kappa shape index (κ2) is 5.29. The van der Waals surface area contributed by atoms with E-state index < -0.39 is 0 Å². The van der Waals surface area contributed by atoms with E-state index in [-0.39, 0.29) is 0 Å². The summed E-state index contributed by atoms with van der Waals surface area (Å²) in [5.74, 6) is 1.19. The van der Waals surface area contributed by atoms with E-state index >= 15 is 0 Å². The molecule has 1 aromatic rings. The lowest BCUT2D eigenvalue weighted by Gasteiger charge is -2.03. The van der Waals surface area contributed by atoms with Gasteiger partial charge < -0.3 is 5.73 Å². The Bertz CT molecular complexity index is 257. The molecule has 0 amide bonds. The Morgan fingerprint density at radius 1 is 1.62 bits per heavy atom. The molecule has 0 aromatic carbocycles. The highest BCUT2D eigenvalue weighted by molar-refractivity contribution is 7.98. The molecular weight excluding hydrogens is 182 g/mol. The summed E-state index contributed by atoms with van der Waals surface area (Å²) in [5.41, 5.74) is 7.93. The van der Waals surface area contributed by atoms with Crippen molar-refractivity contribution >= 4 is 11.8 Å². The molecule has 0 fully saturated rings. The molecule has 0 radical (unpaired) electrons. The predicted octanol–water partition coefficient (Wildman–Crippen LogP) is 1.40. The third-order valence-corrected chi connectivity index (χ3v) is 2.84. The summed E-state index contributed by atoms with van der Waals surface area (Å²) in [5, 5.41) is 4.29. The maximum Gasteiger partial charge on any atom is 0.0537 e. The van der Waals surface area contributed by atoms with Crippen LogP contribution >= 0.6 is 11.8 Å². The van der Waals surface area contributed by atoms with Crippen LogP contribution in [0.15, 0.2) is 6.20 Å². The van der Waals surface area contributed by atoms with Crippen molar-refractivity contribution in [3.8, 4) is 0 Å². The molecule has 0 aliphatic heterocycles. The van der Waals surface area contributed by atoms with Crippen LogP contribution in [0, 0.1) is 6.92 Å². The summed E-state index contributed by atoms with van der Waals surface area (Å²) in [6, 6.07) is 0. The summed E-state index contributed by atoms with van der Waals surface area (Å²) >= 11 is 1.87. The predicted molar refractivity (Wildman–Crippen MR) is 57.9 cm³/mol. The number of hydrogen-bond donors (Lipinski definition) is 1. The molecule has 1 aromatic heterocycles. The van der Waals surface area contributed by atoms with Gasteiger partial charge in [0.25, 0.3) is 0 Å². The van der Waals surface area contributed by atoms with Gasteiger partial charge in [0, 0.05) is 24.3 Å². The normalized spacial score (nSPS) is 10.7. The van der Waals surface area contributed by atoms with E-state index in [1.165, 1.54) is 17.9 Å². The summed E-state index contributed by atoms with van der Waals surface area (Å²) < 4.78 is 2.04. The van der Waals surface area contributed by atoms with Gasteiger partial charge in [-0.1, -0.05) is 0 Å². The lowest BCUT2D eigenvalue weighted by atomic mass is 10.3. The fourth-order valence-corrected chi connectivity index (χ4v) is 1.69. The highest BCUT2D eigenvalue weighted by Crippen LogP contribution is 2.07. The maximum absolute atomic E-state index is 5.56. The molecule has 2 N–H and O–H groups in total. The highest BCUT2D eigenvalue weighted by Gasteiger charge is 2.03. The Morgan fingerprint density at radius 3 is 2.92 bits per heavy atom. The number of aromatic nitrogens is 2. The Morgan fingerprint density at radius 2 is 2.38 bits per heavy atom. The Balaban J connectivity index is 2.51. The minimum Gasteiger partial charge on any atom is -0.326 e. The number of rotatable bonds is 5. The zero-order valence-corrected chi connectivity index (χ0v) is 9.10. The van der Waals surface area contributed by atoms with Crippen molar-refractivity contribution in [2.24, 2.45) is 5.73 Å². The highest BCUT2D eigenvalue weighted by atomic mass is 32.2. The SMILES string of the molecule is CSCCCn1ncc(CN)c1C. The smallest absolute Gasteiger partial charge is 0.0537 e. The largest absolute Gasteiger partial charge is 0.326 e. The summed E-state index contributed by atoms with van der Waals surface area (Å²) in [6.07, 6.45) is 5.17. The average Bonchev–Trinajstić information content (AvgIpc) is 2.48. The molecular formula is C9H17N3S. The van der Waals surface area contributed by atoms with Crippen molar-refractivity contribution in [2.75, 3.05) is 12.0 Å². The summed E-state index contributed by atoms with van der Waals surface area (Å²) in [6.45, 7) is 3.68. The van der Waals surface area contributed by atoms with Gasteiger partial charge in [0.2, 0.25) is 0 Å². The van der Waals surface area contributed by atoms with Gasteiger partial charge in [-0.3, -0.25) is 4.68 Å². The first kappa shape index (κ1) is 10.6. The molecule has 0 spiro atoms. The van der Waals surface area contributed by atoms with Crippen molar-refractivity contribution in [1.29, 1.82) is 0 Å². The van der Waals surface area contributed by atoms with Gasteiger partial charge in [0.1, 0.15) is 0 Å². The van der Waals surface area contributed by atoms with Crippen LogP contribution in [0.5, 0.6) is 0 Å². The van der Waals surface area contributed by atoms with E-state index in [0.29, 0.717) is 6.54 Å². The van der Waals surface area contributed by atoms with Gasteiger partial charge in [-0.15, -0.1) is 0 Å². The van der Waals surface area contributed by atoms with Crippen molar-refractivity contribution in [3.63, 3.8) is 0 Å². The molecule has 0 aliphatic rings. The first-order chi connectivity index (χ1) is 6.29. The molecule has 0 bridgehead atoms. The average molecular weight is 199 g/mol. The molecule has 0 unspecified atom stereocenters. The van der Waals surface area contributed by atoms with Crippen LogP contribution in [0.4, 0.5) is 0 Å². The first-order valence-electron chi connectivity index (χ1n) is 4.50. The minimum atomic E-state index is 0.592. The first-order valence-corrected chi connectivity index (χ1v) is 5.89. The van der Waals surface area contributed by atoms with Crippen molar-refractivity contribution in [1.82, 2.24) is 9.78 Å². The van der Waals surface area contributed by atoms with Gasteiger partial charge in [-0.2, -0.15) is 16.9 Å². The topological polar surface area (TPSA) is 43.8 Å². The molecule has 0 saturated heterocycles. The van der Waals surface area contributed by atoms with Gasteiger partial charge in [0.15, 0.2) is 0 Å². The molecule has 1 heterocycles. The fourth-order valence-electron chi connectivity index (χ4n) is 1.27. The van der Waals surface area contributed by atoms with Crippen LogP contribution in [0.25, 0.3) is 0 Å². The third kappa shape index (κ3) is 2.74. The van der Waals surface area contributed by atoms with E-state index in [9.17, 15) is 0 Å². The molecule has 13 heavy (non-hydrogen) atoms. The number of hydrogen-bond acceptors (Lipinski definition) is 3. The van der Waals surface area contributed by atoms with E-state index in [1.54, 1.807) is 0 Å². The third-order valence-electron chi connectivity index (χ3n) is 2.14. The lowest BCUT2D eigenvalue weighted by molar-refractivity contribution is 0.589. The van der Waals surface area contributed by atoms with E-state index in [4.69, 9.17) is 5.73 Å². The number of thioether (sulfide) groups is 1. The van der Waals surface area contributed by atoms with Crippen LogP contribution in [-0.2, 0) is 13.1 Å². The summed E-state index contributed by atoms with van der Waals surface area (Å²) in [4.78, 5) is 0. The quantitative estimate of drug-likeness (QED) is 0.729. The zero-order chi connectivity index (χ0) is 9.68. The zero-order valence-electron chi connectivity index (χ0n) is 8.29. The van der Waals surface area contributed by atoms with Gasteiger partial charge in [-0.25, -0.2) is 0 Å². The molecule has 4 heteroatoms. The van der Waals surface area contributed by atoms with Crippen LogP contribution in [0.2, 0.25) is 0 Å². The van der Waals surface area contributed by atoms with Crippen molar-refractivity contribution in [2.45, 2.75) is 26.4 Å².